The molecule has 0 aliphatic carbocycles. The number of alkyl halides is 3. The number of fused-ring (bicyclic) bond motifs is 1. The maximum atomic E-state index is 12.5. The summed E-state index contributed by atoms with van der Waals surface area (Å²) >= 11 is 0. The van der Waals surface area contributed by atoms with E-state index in [4.69, 9.17) is 0 Å². The molecule has 74 valence electrons. The summed E-state index contributed by atoms with van der Waals surface area (Å²) < 4.78 is 38.8. The van der Waals surface area contributed by atoms with Crippen molar-refractivity contribution in [2.45, 2.75) is 6.18 Å². The monoisotopic (exact) mass is 200 g/mol. The van der Waals surface area contributed by atoms with Crippen LogP contribution in [0, 0.1) is 0 Å². The normalized spacial score (nSPS) is 12.3. The van der Waals surface area contributed by atoms with E-state index in [0.29, 0.717) is 5.65 Å². The molecule has 0 N–H and O–H groups in total. The first-order chi connectivity index (χ1) is 6.50. The fourth-order valence-corrected chi connectivity index (χ4v) is 1.44. The minimum Gasteiger partial charge on any atom is -0.335 e. The van der Waals surface area contributed by atoms with Crippen molar-refractivity contribution in [2.24, 2.45) is 7.05 Å². The van der Waals surface area contributed by atoms with E-state index in [1.165, 1.54) is 22.9 Å². The molecule has 0 saturated carbocycles. The summed E-state index contributed by atoms with van der Waals surface area (Å²) in [5.74, 6) is 0. The molecule has 2 nitrogen and oxygen atoms in total. The molecule has 0 bridgehead atoms. The van der Waals surface area contributed by atoms with Gasteiger partial charge in [-0.1, -0.05) is 0 Å². The van der Waals surface area contributed by atoms with E-state index in [1.54, 1.807) is 7.05 Å². The Morgan fingerprint density at radius 2 is 2.07 bits per heavy atom. The molecule has 0 atom stereocenters. The molecule has 0 aliphatic rings. The molecule has 0 spiro atoms. The van der Waals surface area contributed by atoms with Gasteiger partial charge in [-0.25, -0.2) is 4.98 Å². The molecular weight excluding hydrogens is 193 g/mol. The first-order valence-electron chi connectivity index (χ1n) is 3.97. The lowest BCUT2D eigenvalue weighted by molar-refractivity contribution is -0.136. The van der Waals surface area contributed by atoms with Gasteiger partial charge in [-0.2, -0.15) is 13.2 Å². The number of aromatic nitrogens is 2. The molecule has 0 amide bonds. The average Bonchev–Trinajstić information content (AvgIpc) is 2.44. The first-order valence-corrected chi connectivity index (χ1v) is 3.97. The van der Waals surface area contributed by atoms with Gasteiger partial charge in [0.15, 0.2) is 0 Å². The van der Waals surface area contributed by atoms with Crippen LogP contribution in [0.2, 0.25) is 0 Å². The van der Waals surface area contributed by atoms with E-state index in [1.807, 2.05) is 0 Å². The molecule has 14 heavy (non-hydrogen) atoms. The van der Waals surface area contributed by atoms with Gasteiger partial charge in [-0.3, -0.25) is 0 Å². The summed E-state index contributed by atoms with van der Waals surface area (Å²) in [4.78, 5) is 3.88. The second kappa shape index (κ2) is 2.73. The fraction of sp³-hybridized carbons (Fsp3) is 0.222. The number of halogens is 3. The molecular formula is C9H7F3N2. The minimum absolute atomic E-state index is 0.141. The van der Waals surface area contributed by atoms with Gasteiger partial charge in [0.1, 0.15) is 5.65 Å². The van der Waals surface area contributed by atoms with E-state index >= 15 is 0 Å². The van der Waals surface area contributed by atoms with Crippen molar-refractivity contribution in [1.29, 1.82) is 0 Å². The zero-order valence-electron chi connectivity index (χ0n) is 7.34. The third kappa shape index (κ3) is 1.25. The maximum Gasteiger partial charge on any atom is 0.418 e. The summed E-state index contributed by atoms with van der Waals surface area (Å²) in [5, 5.41) is 0.141. The molecule has 2 aromatic rings. The van der Waals surface area contributed by atoms with Crippen molar-refractivity contribution in [2.75, 3.05) is 0 Å². The van der Waals surface area contributed by atoms with Gasteiger partial charge >= 0.3 is 6.18 Å². The van der Waals surface area contributed by atoms with Crippen LogP contribution in [0.4, 0.5) is 13.2 Å². The standard InChI is InChI=1S/C9H7F3N2/c1-14-5-7(9(10,11)12)6-3-2-4-13-8(6)14/h2-5H,1H3. The first kappa shape index (κ1) is 9.05. The Morgan fingerprint density at radius 3 is 2.71 bits per heavy atom. The molecule has 5 heteroatoms. The Bertz CT molecular complexity index is 470. The molecule has 2 rings (SSSR count). The van der Waals surface area contributed by atoms with Crippen molar-refractivity contribution in [1.82, 2.24) is 9.55 Å². The second-order valence-electron chi connectivity index (χ2n) is 3.03. The van der Waals surface area contributed by atoms with Crippen LogP contribution in [0.15, 0.2) is 24.5 Å². The average molecular weight is 200 g/mol. The van der Waals surface area contributed by atoms with Gasteiger partial charge < -0.3 is 4.57 Å². The number of hydrogen-bond donors (Lipinski definition) is 0. The minimum atomic E-state index is -4.32. The number of aryl methyl sites for hydroxylation is 1. The van der Waals surface area contributed by atoms with Gasteiger partial charge in [0, 0.05) is 24.8 Å². The van der Waals surface area contributed by atoms with Crippen LogP contribution in [0.25, 0.3) is 11.0 Å². The SMILES string of the molecule is Cn1cc(C(F)(F)F)c2cccnc21. The van der Waals surface area contributed by atoms with Gasteiger partial charge in [-0.05, 0) is 12.1 Å². The van der Waals surface area contributed by atoms with Crippen LogP contribution in [0.3, 0.4) is 0 Å². The maximum absolute atomic E-state index is 12.5. The summed E-state index contributed by atoms with van der Waals surface area (Å²) in [6.45, 7) is 0. The molecule has 2 aromatic heterocycles. The number of rotatable bonds is 0. The second-order valence-corrected chi connectivity index (χ2v) is 3.03. The van der Waals surface area contributed by atoms with E-state index < -0.39 is 11.7 Å². The lowest BCUT2D eigenvalue weighted by atomic mass is 10.2. The number of pyridine rings is 1. The highest BCUT2D eigenvalue weighted by Gasteiger charge is 2.34. The Kier molecular flexibility index (Phi) is 1.77. The summed E-state index contributed by atoms with van der Waals surface area (Å²) in [7, 11) is 1.55. The lowest BCUT2D eigenvalue weighted by Crippen LogP contribution is -2.03. The summed E-state index contributed by atoms with van der Waals surface area (Å²) in [6.07, 6.45) is -1.79. The van der Waals surface area contributed by atoms with Crippen molar-refractivity contribution < 1.29 is 13.2 Å². The van der Waals surface area contributed by atoms with E-state index in [9.17, 15) is 13.2 Å². The van der Waals surface area contributed by atoms with Gasteiger partial charge in [0.25, 0.3) is 0 Å². The van der Waals surface area contributed by atoms with Crippen molar-refractivity contribution >= 4 is 11.0 Å². The van der Waals surface area contributed by atoms with Gasteiger partial charge in [-0.15, -0.1) is 0 Å². The number of nitrogens with zero attached hydrogens (tertiary/aromatic N) is 2. The topological polar surface area (TPSA) is 17.8 Å². The smallest absolute Gasteiger partial charge is 0.335 e. The Morgan fingerprint density at radius 1 is 1.36 bits per heavy atom. The lowest BCUT2D eigenvalue weighted by Gasteiger charge is -2.02. The van der Waals surface area contributed by atoms with Gasteiger partial charge in [0.05, 0.1) is 5.56 Å². The highest BCUT2D eigenvalue weighted by atomic mass is 19.4. The van der Waals surface area contributed by atoms with E-state index in [0.717, 1.165) is 6.20 Å². The number of hydrogen-bond acceptors (Lipinski definition) is 1. The molecule has 0 radical (unpaired) electrons. The van der Waals surface area contributed by atoms with Gasteiger partial charge in [0.2, 0.25) is 0 Å². The van der Waals surface area contributed by atoms with E-state index in [2.05, 4.69) is 4.98 Å². The summed E-state index contributed by atoms with van der Waals surface area (Å²) in [6, 6.07) is 2.92. The third-order valence-corrected chi connectivity index (χ3v) is 2.04. The fourth-order valence-electron chi connectivity index (χ4n) is 1.44. The molecule has 0 saturated heterocycles. The predicted molar refractivity (Wildman–Crippen MR) is 45.7 cm³/mol. The zero-order chi connectivity index (χ0) is 10.3. The predicted octanol–water partition coefficient (Wildman–Crippen LogP) is 2.59. The van der Waals surface area contributed by atoms with Crippen LogP contribution in [-0.2, 0) is 13.2 Å². The van der Waals surface area contributed by atoms with Crippen LogP contribution in [0.1, 0.15) is 5.56 Å². The van der Waals surface area contributed by atoms with Crippen LogP contribution in [0.5, 0.6) is 0 Å². The van der Waals surface area contributed by atoms with Crippen LogP contribution < -0.4 is 0 Å². The Hall–Kier alpha value is -1.52. The molecule has 0 unspecified atom stereocenters. The van der Waals surface area contributed by atoms with Crippen molar-refractivity contribution in [3.8, 4) is 0 Å². The molecule has 0 aliphatic heterocycles. The highest BCUT2D eigenvalue weighted by molar-refractivity contribution is 5.80. The Labute approximate surface area is 78.0 Å². The molecule has 2 heterocycles. The molecule has 0 aromatic carbocycles. The summed E-state index contributed by atoms with van der Waals surface area (Å²) in [5.41, 5.74) is -0.289. The van der Waals surface area contributed by atoms with Crippen LogP contribution >= 0.6 is 0 Å². The van der Waals surface area contributed by atoms with E-state index in [-0.39, 0.29) is 5.39 Å². The Balaban J connectivity index is 2.80. The largest absolute Gasteiger partial charge is 0.418 e. The van der Waals surface area contributed by atoms with Crippen molar-refractivity contribution in [3.63, 3.8) is 0 Å². The molecule has 0 fully saturated rings. The third-order valence-electron chi connectivity index (χ3n) is 2.04. The van der Waals surface area contributed by atoms with Crippen molar-refractivity contribution in [3.05, 3.63) is 30.1 Å². The highest BCUT2D eigenvalue weighted by Crippen LogP contribution is 2.34. The zero-order valence-corrected chi connectivity index (χ0v) is 7.34. The quantitative estimate of drug-likeness (QED) is 0.639. The van der Waals surface area contributed by atoms with Crippen LogP contribution in [-0.4, -0.2) is 9.55 Å².